The minimum Gasteiger partial charge on any atom is -0.337 e. The van der Waals surface area contributed by atoms with Gasteiger partial charge in [-0.15, -0.1) is 0 Å². The topological polar surface area (TPSA) is 78.0 Å². The zero-order chi connectivity index (χ0) is 24.7. The van der Waals surface area contributed by atoms with Crippen molar-refractivity contribution in [3.8, 4) is 23.0 Å². The maximum Gasteiger partial charge on any atom is 0.246 e. The molecule has 178 valence electrons. The van der Waals surface area contributed by atoms with Gasteiger partial charge < -0.3 is 4.90 Å². The van der Waals surface area contributed by atoms with E-state index < -0.39 is 0 Å². The Hall–Kier alpha value is -4.54. The van der Waals surface area contributed by atoms with E-state index in [0.717, 1.165) is 42.1 Å². The van der Waals surface area contributed by atoms with E-state index in [1.54, 1.807) is 18.5 Å². The van der Waals surface area contributed by atoms with Crippen molar-refractivity contribution in [1.29, 1.82) is 5.26 Å². The summed E-state index contributed by atoms with van der Waals surface area (Å²) in [6, 6.07) is 23.6. The first-order chi connectivity index (χ1) is 17.7. The van der Waals surface area contributed by atoms with E-state index in [0.29, 0.717) is 18.7 Å². The van der Waals surface area contributed by atoms with Crippen LogP contribution in [0.4, 0.5) is 0 Å². The Balaban J connectivity index is 1.26. The first-order valence-corrected chi connectivity index (χ1v) is 11.9. The SMILES string of the molecule is N#Cc1ccc(CN2CCN(C(=O)/C=C/c3cn(-c4ccccc4)nc3-c3cccnc3)CC2)cc1. The highest BCUT2D eigenvalue weighted by Crippen LogP contribution is 2.24. The molecule has 1 aliphatic heterocycles. The van der Waals surface area contributed by atoms with E-state index in [2.05, 4.69) is 16.0 Å². The molecule has 36 heavy (non-hydrogen) atoms. The minimum absolute atomic E-state index is 0.00220. The van der Waals surface area contributed by atoms with Crippen molar-refractivity contribution >= 4 is 12.0 Å². The summed E-state index contributed by atoms with van der Waals surface area (Å²) in [5.74, 6) is -0.00220. The van der Waals surface area contributed by atoms with E-state index >= 15 is 0 Å². The number of aromatic nitrogens is 3. The van der Waals surface area contributed by atoms with Gasteiger partial charge in [-0.1, -0.05) is 30.3 Å². The number of hydrogen-bond acceptors (Lipinski definition) is 5. The van der Waals surface area contributed by atoms with Gasteiger partial charge in [-0.05, 0) is 48.0 Å². The number of nitrogens with zero attached hydrogens (tertiary/aromatic N) is 6. The Bertz CT molecular complexity index is 1380. The van der Waals surface area contributed by atoms with Gasteiger partial charge in [-0.3, -0.25) is 14.7 Å². The highest BCUT2D eigenvalue weighted by Gasteiger charge is 2.20. The lowest BCUT2D eigenvalue weighted by atomic mass is 10.1. The second-order valence-electron chi connectivity index (χ2n) is 8.70. The smallest absolute Gasteiger partial charge is 0.246 e. The van der Waals surface area contributed by atoms with Gasteiger partial charge in [-0.25, -0.2) is 4.68 Å². The number of para-hydroxylation sites is 1. The number of benzene rings is 2. The molecule has 0 saturated carbocycles. The summed E-state index contributed by atoms with van der Waals surface area (Å²) < 4.78 is 1.83. The molecule has 2 aromatic heterocycles. The van der Waals surface area contributed by atoms with Crippen LogP contribution in [0.15, 0.2) is 91.4 Å². The van der Waals surface area contributed by atoms with Gasteiger partial charge in [0.1, 0.15) is 5.69 Å². The van der Waals surface area contributed by atoms with Crippen LogP contribution in [0, 0.1) is 11.3 Å². The molecule has 0 bridgehead atoms. The number of hydrogen-bond donors (Lipinski definition) is 0. The summed E-state index contributed by atoms with van der Waals surface area (Å²) in [7, 11) is 0. The summed E-state index contributed by atoms with van der Waals surface area (Å²) in [6.45, 7) is 3.80. The second kappa shape index (κ2) is 10.8. The van der Waals surface area contributed by atoms with E-state index in [9.17, 15) is 4.79 Å². The zero-order valence-corrected chi connectivity index (χ0v) is 19.9. The number of piperazine rings is 1. The second-order valence-corrected chi connectivity index (χ2v) is 8.70. The molecule has 1 saturated heterocycles. The molecule has 0 atom stereocenters. The highest BCUT2D eigenvalue weighted by atomic mass is 16.2. The molecule has 1 fully saturated rings. The number of rotatable bonds is 6. The molecule has 0 unspecified atom stereocenters. The lowest BCUT2D eigenvalue weighted by Gasteiger charge is -2.34. The van der Waals surface area contributed by atoms with Crippen LogP contribution >= 0.6 is 0 Å². The van der Waals surface area contributed by atoms with Crippen LogP contribution in [0.5, 0.6) is 0 Å². The fourth-order valence-electron chi connectivity index (χ4n) is 4.29. The third-order valence-electron chi connectivity index (χ3n) is 6.28. The molecule has 1 amide bonds. The maximum atomic E-state index is 13.0. The molecular formula is C29H26N6O. The van der Waals surface area contributed by atoms with Crippen LogP contribution in [0.25, 0.3) is 23.0 Å². The third-order valence-corrected chi connectivity index (χ3v) is 6.28. The molecule has 0 spiro atoms. The first-order valence-electron chi connectivity index (χ1n) is 11.9. The fourth-order valence-corrected chi connectivity index (χ4v) is 4.29. The van der Waals surface area contributed by atoms with Crippen molar-refractivity contribution in [3.63, 3.8) is 0 Å². The Morgan fingerprint density at radius 2 is 1.75 bits per heavy atom. The highest BCUT2D eigenvalue weighted by molar-refractivity contribution is 5.93. The fraction of sp³-hybridized carbons (Fsp3) is 0.172. The van der Waals surface area contributed by atoms with Crippen LogP contribution in [-0.2, 0) is 11.3 Å². The summed E-state index contributed by atoms with van der Waals surface area (Å²) in [4.78, 5) is 21.4. The molecule has 0 aliphatic carbocycles. The van der Waals surface area contributed by atoms with Gasteiger partial charge in [0.05, 0.1) is 17.3 Å². The van der Waals surface area contributed by atoms with Gasteiger partial charge >= 0.3 is 0 Å². The van der Waals surface area contributed by atoms with Crippen LogP contribution in [0.1, 0.15) is 16.7 Å². The minimum atomic E-state index is -0.00220. The summed E-state index contributed by atoms with van der Waals surface area (Å²) >= 11 is 0. The van der Waals surface area contributed by atoms with Crippen molar-refractivity contribution in [2.24, 2.45) is 0 Å². The molecule has 0 radical (unpaired) electrons. The molecule has 1 aliphatic rings. The largest absolute Gasteiger partial charge is 0.337 e. The Morgan fingerprint density at radius 3 is 2.44 bits per heavy atom. The van der Waals surface area contributed by atoms with Gasteiger partial charge in [0, 0.05) is 68.5 Å². The molecule has 0 N–H and O–H groups in total. The average molecular weight is 475 g/mol. The van der Waals surface area contributed by atoms with Gasteiger partial charge in [0.25, 0.3) is 0 Å². The number of carbonyl (C=O) groups excluding carboxylic acids is 1. The van der Waals surface area contributed by atoms with Crippen LogP contribution in [-0.4, -0.2) is 56.7 Å². The predicted molar refractivity (Wildman–Crippen MR) is 139 cm³/mol. The van der Waals surface area contributed by atoms with E-state index in [1.165, 1.54) is 5.56 Å². The molecule has 2 aromatic carbocycles. The standard InChI is InChI=1S/C29H26N6O/c30-19-23-8-10-24(11-9-23)21-33-15-17-34(18-16-33)28(36)13-12-26-22-35(27-6-2-1-3-7-27)32-29(26)25-5-4-14-31-20-25/h1-14,20,22H,15-18,21H2/b13-12+. The van der Waals surface area contributed by atoms with Crippen molar-refractivity contribution in [1.82, 2.24) is 24.6 Å². The molecule has 5 rings (SSSR count). The number of pyridine rings is 1. The molecule has 3 heterocycles. The van der Waals surface area contributed by atoms with Crippen molar-refractivity contribution < 1.29 is 4.79 Å². The Labute approximate surface area is 210 Å². The third kappa shape index (κ3) is 5.40. The lowest BCUT2D eigenvalue weighted by Crippen LogP contribution is -2.47. The summed E-state index contributed by atoms with van der Waals surface area (Å²) in [5, 5.41) is 13.7. The summed E-state index contributed by atoms with van der Waals surface area (Å²) in [6.07, 6.45) is 8.95. The predicted octanol–water partition coefficient (Wildman–Crippen LogP) is 4.16. The number of amides is 1. The van der Waals surface area contributed by atoms with Crippen molar-refractivity contribution in [3.05, 3.63) is 108 Å². The van der Waals surface area contributed by atoms with E-state index in [4.69, 9.17) is 10.4 Å². The average Bonchev–Trinajstić information content (AvgIpc) is 3.38. The monoisotopic (exact) mass is 474 g/mol. The maximum absolute atomic E-state index is 13.0. The van der Waals surface area contributed by atoms with Crippen molar-refractivity contribution in [2.75, 3.05) is 26.2 Å². The molecular weight excluding hydrogens is 448 g/mol. The Kier molecular flexibility index (Phi) is 6.97. The lowest BCUT2D eigenvalue weighted by molar-refractivity contribution is -0.127. The number of carbonyl (C=O) groups is 1. The van der Waals surface area contributed by atoms with Crippen LogP contribution in [0.2, 0.25) is 0 Å². The van der Waals surface area contributed by atoms with Gasteiger partial charge in [0.15, 0.2) is 0 Å². The normalized spacial score (nSPS) is 14.1. The first kappa shape index (κ1) is 23.2. The van der Waals surface area contributed by atoms with E-state index in [-0.39, 0.29) is 5.91 Å². The molecule has 4 aromatic rings. The number of nitriles is 1. The van der Waals surface area contributed by atoms with Crippen molar-refractivity contribution in [2.45, 2.75) is 6.54 Å². The summed E-state index contributed by atoms with van der Waals surface area (Å²) in [5.41, 5.74) is 5.33. The Morgan fingerprint density at radius 1 is 0.972 bits per heavy atom. The van der Waals surface area contributed by atoms with Crippen LogP contribution in [0.3, 0.4) is 0 Å². The molecule has 7 nitrogen and oxygen atoms in total. The van der Waals surface area contributed by atoms with Gasteiger partial charge in [0.2, 0.25) is 5.91 Å². The zero-order valence-electron chi connectivity index (χ0n) is 19.9. The quantitative estimate of drug-likeness (QED) is 0.392. The van der Waals surface area contributed by atoms with Crippen LogP contribution < -0.4 is 0 Å². The van der Waals surface area contributed by atoms with Gasteiger partial charge in [-0.2, -0.15) is 10.4 Å². The molecule has 7 heteroatoms. The van der Waals surface area contributed by atoms with E-state index in [1.807, 2.05) is 88.6 Å².